The highest BCUT2D eigenvalue weighted by Crippen LogP contribution is 2.35. The standard InChI is InChI=1S/C12H15NO5/c1-4-17-11-6-10(13(15)16)5-9(7-14)12(11)18-8(2)3/h5-8H,4H2,1-3H3. The van der Waals surface area contributed by atoms with Crippen molar-refractivity contribution < 1.29 is 19.2 Å². The summed E-state index contributed by atoms with van der Waals surface area (Å²) in [6, 6.07) is 2.43. The number of rotatable bonds is 6. The van der Waals surface area contributed by atoms with Crippen LogP contribution in [0.15, 0.2) is 12.1 Å². The maximum absolute atomic E-state index is 11.0. The Balaban J connectivity index is 3.35. The number of benzene rings is 1. The lowest BCUT2D eigenvalue weighted by molar-refractivity contribution is -0.385. The van der Waals surface area contributed by atoms with Crippen LogP contribution in [0.3, 0.4) is 0 Å². The smallest absolute Gasteiger partial charge is 0.274 e. The normalized spacial score (nSPS) is 10.2. The molecule has 18 heavy (non-hydrogen) atoms. The molecule has 1 rings (SSSR count). The predicted molar refractivity (Wildman–Crippen MR) is 65.4 cm³/mol. The monoisotopic (exact) mass is 253 g/mol. The quantitative estimate of drug-likeness (QED) is 0.442. The molecule has 0 amide bonds. The van der Waals surface area contributed by atoms with Crippen molar-refractivity contribution >= 4 is 12.0 Å². The van der Waals surface area contributed by atoms with E-state index in [9.17, 15) is 14.9 Å². The first-order valence-corrected chi connectivity index (χ1v) is 5.56. The summed E-state index contributed by atoms with van der Waals surface area (Å²) >= 11 is 0. The average molecular weight is 253 g/mol. The van der Waals surface area contributed by atoms with Gasteiger partial charge in [0.15, 0.2) is 17.8 Å². The van der Waals surface area contributed by atoms with Crippen molar-refractivity contribution in [1.82, 2.24) is 0 Å². The molecule has 0 aliphatic heterocycles. The lowest BCUT2D eigenvalue weighted by atomic mass is 10.1. The Hall–Kier alpha value is -2.11. The molecule has 0 spiro atoms. The van der Waals surface area contributed by atoms with Gasteiger partial charge in [-0.05, 0) is 20.8 Å². The lowest BCUT2D eigenvalue weighted by Gasteiger charge is -2.15. The highest BCUT2D eigenvalue weighted by molar-refractivity contribution is 5.83. The Labute approximate surface area is 105 Å². The lowest BCUT2D eigenvalue weighted by Crippen LogP contribution is -2.10. The number of nitro groups is 1. The van der Waals surface area contributed by atoms with Crippen molar-refractivity contribution in [3.8, 4) is 11.5 Å². The Kier molecular flexibility index (Phi) is 4.65. The van der Waals surface area contributed by atoms with E-state index in [0.29, 0.717) is 12.9 Å². The molecule has 0 saturated carbocycles. The van der Waals surface area contributed by atoms with Gasteiger partial charge in [0.1, 0.15) is 0 Å². The van der Waals surface area contributed by atoms with Gasteiger partial charge < -0.3 is 9.47 Å². The molecule has 0 bridgehead atoms. The van der Waals surface area contributed by atoms with E-state index in [0.717, 1.165) is 0 Å². The molecule has 0 saturated heterocycles. The van der Waals surface area contributed by atoms with Gasteiger partial charge in [-0.2, -0.15) is 0 Å². The van der Waals surface area contributed by atoms with E-state index in [4.69, 9.17) is 9.47 Å². The summed E-state index contributed by atoms with van der Waals surface area (Å²) in [6.07, 6.45) is 0.358. The van der Waals surface area contributed by atoms with Gasteiger partial charge >= 0.3 is 0 Å². The maximum Gasteiger partial charge on any atom is 0.274 e. The van der Waals surface area contributed by atoms with Gasteiger partial charge in [-0.1, -0.05) is 0 Å². The third-order valence-corrected chi connectivity index (χ3v) is 2.06. The minimum atomic E-state index is -0.575. The fraction of sp³-hybridized carbons (Fsp3) is 0.417. The second kappa shape index (κ2) is 6.00. The summed E-state index contributed by atoms with van der Waals surface area (Å²) in [5.41, 5.74) is -0.0852. The minimum absolute atomic E-state index is 0.112. The molecule has 0 heterocycles. The molecule has 0 aliphatic carbocycles. The van der Waals surface area contributed by atoms with Gasteiger partial charge in [0, 0.05) is 6.07 Å². The van der Waals surface area contributed by atoms with E-state index in [1.807, 2.05) is 0 Å². The largest absolute Gasteiger partial charge is 0.490 e. The molecule has 0 radical (unpaired) electrons. The fourth-order valence-electron chi connectivity index (χ4n) is 1.43. The average Bonchev–Trinajstić information content (AvgIpc) is 2.30. The van der Waals surface area contributed by atoms with E-state index in [1.165, 1.54) is 12.1 Å². The third-order valence-electron chi connectivity index (χ3n) is 2.06. The SMILES string of the molecule is CCOc1cc([N+](=O)[O-])cc(C=O)c1OC(C)C. The number of carbonyl (C=O) groups excluding carboxylic acids is 1. The third kappa shape index (κ3) is 3.19. The van der Waals surface area contributed by atoms with Crippen molar-refractivity contribution in [2.24, 2.45) is 0 Å². The van der Waals surface area contributed by atoms with Crippen molar-refractivity contribution in [1.29, 1.82) is 0 Å². The van der Waals surface area contributed by atoms with Crippen LogP contribution in [-0.2, 0) is 0 Å². The zero-order valence-electron chi connectivity index (χ0n) is 10.5. The Morgan fingerprint density at radius 1 is 1.44 bits per heavy atom. The van der Waals surface area contributed by atoms with E-state index < -0.39 is 4.92 Å². The number of carbonyl (C=O) groups is 1. The number of nitro benzene ring substituents is 1. The van der Waals surface area contributed by atoms with Crippen LogP contribution in [0.4, 0.5) is 5.69 Å². The molecule has 0 unspecified atom stereocenters. The molecule has 1 aromatic rings. The predicted octanol–water partition coefficient (Wildman–Crippen LogP) is 2.59. The van der Waals surface area contributed by atoms with Crippen LogP contribution in [-0.4, -0.2) is 23.9 Å². The van der Waals surface area contributed by atoms with Crippen molar-refractivity contribution in [2.45, 2.75) is 26.9 Å². The Morgan fingerprint density at radius 3 is 2.56 bits per heavy atom. The molecule has 98 valence electrons. The molecule has 0 fully saturated rings. The zero-order valence-corrected chi connectivity index (χ0v) is 10.5. The number of hydrogen-bond donors (Lipinski definition) is 0. The van der Waals surface area contributed by atoms with Gasteiger partial charge in [-0.15, -0.1) is 0 Å². The number of ether oxygens (including phenoxy) is 2. The highest BCUT2D eigenvalue weighted by atomic mass is 16.6. The molecular weight excluding hydrogens is 238 g/mol. The minimum Gasteiger partial charge on any atom is -0.490 e. The molecular formula is C12H15NO5. The summed E-state index contributed by atoms with van der Waals surface area (Å²) in [5, 5.41) is 10.8. The van der Waals surface area contributed by atoms with Crippen LogP contribution in [0, 0.1) is 10.1 Å². The summed E-state index contributed by atoms with van der Waals surface area (Å²) < 4.78 is 10.8. The van der Waals surface area contributed by atoms with E-state index in [-0.39, 0.29) is 28.9 Å². The first kappa shape index (κ1) is 14.0. The molecule has 0 aromatic heterocycles. The number of aldehydes is 1. The maximum atomic E-state index is 11.0. The molecule has 6 nitrogen and oxygen atoms in total. The molecule has 0 aliphatic rings. The van der Waals surface area contributed by atoms with Crippen molar-refractivity contribution in [3.63, 3.8) is 0 Å². The molecule has 0 atom stereocenters. The van der Waals surface area contributed by atoms with Crippen LogP contribution < -0.4 is 9.47 Å². The topological polar surface area (TPSA) is 78.7 Å². The summed E-state index contributed by atoms with van der Waals surface area (Å²) in [7, 11) is 0. The van der Waals surface area contributed by atoms with Crippen molar-refractivity contribution in [2.75, 3.05) is 6.61 Å². The van der Waals surface area contributed by atoms with Crippen LogP contribution >= 0.6 is 0 Å². The van der Waals surface area contributed by atoms with Gasteiger partial charge in [-0.3, -0.25) is 14.9 Å². The van der Waals surface area contributed by atoms with Gasteiger partial charge in [0.25, 0.3) is 5.69 Å². The Morgan fingerprint density at radius 2 is 2.11 bits per heavy atom. The second-order valence-electron chi connectivity index (χ2n) is 3.84. The summed E-state index contributed by atoms with van der Waals surface area (Å²) in [6.45, 7) is 5.67. The van der Waals surface area contributed by atoms with Gasteiger partial charge in [0.05, 0.1) is 29.3 Å². The zero-order chi connectivity index (χ0) is 13.7. The summed E-state index contributed by atoms with van der Waals surface area (Å²) in [4.78, 5) is 21.2. The molecule has 0 N–H and O–H groups in total. The molecule has 6 heteroatoms. The number of hydrogen-bond acceptors (Lipinski definition) is 5. The van der Waals surface area contributed by atoms with E-state index in [1.54, 1.807) is 20.8 Å². The van der Waals surface area contributed by atoms with Gasteiger partial charge in [-0.25, -0.2) is 0 Å². The molecule has 1 aromatic carbocycles. The number of nitrogens with zero attached hydrogens (tertiary/aromatic N) is 1. The van der Waals surface area contributed by atoms with E-state index in [2.05, 4.69) is 0 Å². The van der Waals surface area contributed by atoms with Crippen LogP contribution in [0.1, 0.15) is 31.1 Å². The number of non-ortho nitro benzene ring substituents is 1. The van der Waals surface area contributed by atoms with E-state index >= 15 is 0 Å². The van der Waals surface area contributed by atoms with Crippen molar-refractivity contribution in [3.05, 3.63) is 27.8 Å². The van der Waals surface area contributed by atoms with Gasteiger partial charge in [0.2, 0.25) is 0 Å². The van der Waals surface area contributed by atoms with Crippen LogP contribution in [0.2, 0.25) is 0 Å². The first-order chi connectivity index (χ1) is 8.49. The van der Waals surface area contributed by atoms with Crippen LogP contribution in [0.25, 0.3) is 0 Å². The Bertz CT molecular complexity index is 456. The first-order valence-electron chi connectivity index (χ1n) is 5.56. The summed E-state index contributed by atoms with van der Waals surface area (Å²) in [5.74, 6) is 0.454. The highest BCUT2D eigenvalue weighted by Gasteiger charge is 2.19. The van der Waals surface area contributed by atoms with Crippen LogP contribution in [0.5, 0.6) is 11.5 Å². The second-order valence-corrected chi connectivity index (χ2v) is 3.84. The fourth-order valence-corrected chi connectivity index (χ4v) is 1.43.